The molecule has 1 fully saturated rings. The Bertz CT molecular complexity index is 588. The quantitative estimate of drug-likeness (QED) is 0.802. The summed E-state index contributed by atoms with van der Waals surface area (Å²) >= 11 is 0. The summed E-state index contributed by atoms with van der Waals surface area (Å²) in [7, 11) is 1.75. The lowest BCUT2D eigenvalue weighted by Crippen LogP contribution is -2.10. The van der Waals surface area contributed by atoms with Crippen molar-refractivity contribution in [2.45, 2.75) is 44.6 Å². The topological polar surface area (TPSA) is 21.3 Å². The van der Waals surface area contributed by atoms with Crippen LogP contribution in [0, 0.1) is 0 Å². The van der Waals surface area contributed by atoms with E-state index in [-0.39, 0.29) is 0 Å². The van der Waals surface area contributed by atoms with Crippen LogP contribution in [0.15, 0.2) is 48.5 Å². The number of anilines is 1. The maximum absolute atomic E-state index is 5.44. The summed E-state index contributed by atoms with van der Waals surface area (Å²) in [4.78, 5) is 0. The number of hydrogen-bond acceptors (Lipinski definition) is 2. The third kappa shape index (κ3) is 3.62. The zero-order valence-corrected chi connectivity index (χ0v) is 13.3. The van der Waals surface area contributed by atoms with Crippen molar-refractivity contribution in [3.63, 3.8) is 0 Å². The summed E-state index contributed by atoms with van der Waals surface area (Å²) in [6, 6.07) is 17.0. The molecule has 2 aromatic rings. The van der Waals surface area contributed by atoms with Gasteiger partial charge in [-0.15, -0.1) is 0 Å². The Kier molecular flexibility index (Phi) is 4.99. The van der Waals surface area contributed by atoms with E-state index in [1.54, 1.807) is 7.11 Å². The van der Waals surface area contributed by atoms with Gasteiger partial charge in [0.15, 0.2) is 0 Å². The van der Waals surface area contributed by atoms with Crippen LogP contribution in [-0.4, -0.2) is 7.11 Å². The van der Waals surface area contributed by atoms with E-state index in [1.807, 2.05) is 6.07 Å². The summed E-state index contributed by atoms with van der Waals surface area (Å²) in [6.45, 7) is 0.875. The zero-order chi connectivity index (χ0) is 15.2. The lowest BCUT2D eigenvalue weighted by molar-refractivity contribution is 0.409. The summed E-state index contributed by atoms with van der Waals surface area (Å²) in [5, 5.41) is 3.54. The fourth-order valence-corrected chi connectivity index (χ4v) is 3.41. The molecule has 116 valence electrons. The first-order valence-corrected chi connectivity index (χ1v) is 8.32. The van der Waals surface area contributed by atoms with Gasteiger partial charge in [-0.25, -0.2) is 0 Å². The fourth-order valence-electron chi connectivity index (χ4n) is 3.41. The van der Waals surface area contributed by atoms with Crippen molar-refractivity contribution in [1.29, 1.82) is 0 Å². The fraction of sp³-hybridized carbons (Fsp3) is 0.400. The minimum Gasteiger partial charge on any atom is -0.497 e. The van der Waals surface area contributed by atoms with Gasteiger partial charge in [0.2, 0.25) is 0 Å². The second-order valence-corrected chi connectivity index (χ2v) is 6.12. The van der Waals surface area contributed by atoms with Crippen molar-refractivity contribution < 1.29 is 4.74 Å². The Morgan fingerprint density at radius 2 is 1.77 bits per heavy atom. The molecule has 0 saturated heterocycles. The van der Waals surface area contributed by atoms with Gasteiger partial charge in [0.05, 0.1) is 7.11 Å². The third-order valence-electron chi connectivity index (χ3n) is 4.65. The second-order valence-electron chi connectivity index (χ2n) is 6.12. The molecular weight excluding hydrogens is 270 g/mol. The van der Waals surface area contributed by atoms with Crippen molar-refractivity contribution in [3.8, 4) is 5.75 Å². The molecule has 0 spiro atoms. The lowest BCUT2D eigenvalue weighted by atomic mass is 9.82. The largest absolute Gasteiger partial charge is 0.497 e. The summed E-state index contributed by atoms with van der Waals surface area (Å²) < 4.78 is 5.44. The van der Waals surface area contributed by atoms with E-state index >= 15 is 0 Å². The highest BCUT2D eigenvalue weighted by Crippen LogP contribution is 2.36. The molecule has 0 aliphatic heterocycles. The van der Waals surface area contributed by atoms with Crippen LogP contribution >= 0.6 is 0 Å². The van der Waals surface area contributed by atoms with Gasteiger partial charge in [0, 0.05) is 12.2 Å². The minimum atomic E-state index is 0.691. The first-order chi connectivity index (χ1) is 10.9. The molecule has 1 aliphatic carbocycles. The molecule has 2 nitrogen and oxygen atoms in total. The highest BCUT2D eigenvalue weighted by Gasteiger charge is 2.19. The number of methoxy groups -OCH3 is 1. The first kappa shape index (κ1) is 15.0. The maximum Gasteiger partial charge on any atom is 0.119 e. The Morgan fingerprint density at radius 3 is 2.50 bits per heavy atom. The van der Waals surface area contributed by atoms with Gasteiger partial charge in [0.1, 0.15) is 5.75 Å². The molecule has 1 N–H and O–H groups in total. The normalized spacial score (nSPS) is 15.5. The van der Waals surface area contributed by atoms with Crippen LogP contribution in [0.2, 0.25) is 0 Å². The molecular formula is C20H25NO. The summed E-state index contributed by atoms with van der Waals surface area (Å²) in [6.07, 6.45) is 6.72. The number of para-hydroxylation sites is 1. The summed E-state index contributed by atoms with van der Waals surface area (Å²) in [5.41, 5.74) is 4.05. The van der Waals surface area contributed by atoms with Crippen LogP contribution in [0.1, 0.15) is 49.1 Å². The third-order valence-corrected chi connectivity index (χ3v) is 4.65. The van der Waals surface area contributed by atoms with Crippen LogP contribution in [0.4, 0.5) is 5.69 Å². The molecule has 3 rings (SSSR count). The van der Waals surface area contributed by atoms with E-state index in [1.165, 1.54) is 48.9 Å². The predicted octanol–water partition coefficient (Wildman–Crippen LogP) is 5.36. The molecule has 1 aliphatic rings. The molecule has 0 atom stereocenters. The number of ether oxygens (including phenoxy) is 1. The Labute approximate surface area is 133 Å². The van der Waals surface area contributed by atoms with E-state index < -0.39 is 0 Å². The first-order valence-electron chi connectivity index (χ1n) is 8.32. The van der Waals surface area contributed by atoms with Crippen molar-refractivity contribution in [3.05, 3.63) is 59.7 Å². The molecule has 0 amide bonds. The van der Waals surface area contributed by atoms with Crippen LogP contribution in [-0.2, 0) is 6.54 Å². The van der Waals surface area contributed by atoms with Crippen LogP contribution in [0.3, 0.4) is 0 Å². The molecule has 0 unspecified atom stereocenters. The van der Waals surface area contributed by atoms with Gasteiger partial charge in [-0.05, 0) is 54.2 Å². The second kappa shape index (κ2) is 7.35. The van der Waals surface area contributed by atoms with E-state index in [9.17, 15) is 0 Å². The van der Waals surface area contributed by atoms with Crippen molar-refractivity contribution in [1.82, 2.24) is 0 Å². The molecule has 0 bridgehead atoms. The highest BCUT2D eigenvalue weighted by molar-refractivity contribution is 5.45. The van der Waals surface area contributed by atoms with Crippen LogP contribution in [0.25, 0.3) is 0 Å². The minimum absolute atomic E-state index is 0.691. The van der Waals surface area contributed by atoms with Gasteiger partial charge in [0.25, 0.3) is 0 Å². The van der Waals surface area contributed by atoms with Crippen LogP contribution in [0.5, 0.6) is 5.75 Å². The van der Waals surface area contributed by atoms with Crippen molar-refractivity contribution in [2.24, 2.45) is 0 Å². The van der Waals surface area contributed by atoms with Crippen molar-refractivity contribution >= 4 is 5.69 Å². The predicted molar refractivity (Wildman–Crippen MR) is 92.6 cm³/mol. The number of rotatable bonds is 5. The number of benzene rings is 2. The van der Waals surface area contributed by atoms with E-state index in [0.717, 1.165) is 12.3 Å². The SMILES string of the molecule is COc1ccc(CNc2ccccc2)c(C2CCCCC2)c1. The monoisotopic (exact) mass is 295 g/mol. The Hall–Kier alpha value is -1.96. The molecule has 0 radical (unpaired) electrons. The lowest BCUT2D eigenvalue weighted by Gasteiger charge is -2.25. The van der Waals surface area contributed by atoms with E-state index in [0.29, 0.717) is 5.92 Å². The number of nitrogens with one attached hydrogen (secondary N) is 1. The summed E-state index contributed by atoms with van der Waals surface area (Å²) in [5.74, 6) is 1.67. The highest BCUT2D eigenvalue weighted by atomic mass is 16.5. The zero-order valence-electron chi connectivity index (χ0n) is 13.3. The molecule has 1 saturated carbocycles. The average Bonchev–Trinajstić information content (AvgIpc) is 2.61. The van der Waals surface area contributed by atoms with Gasteiger partial charge in [-0.1, -0.05) is 43.5 Å². The molecule has 0 heterocycles. The van der Waals surface area contributed by atoms with Gasteiger partial charge in [-0.2, -0.15) is 0 Å². The average molecular weight is 295 g/mol. The Balaban J connectivity index is 1.79. The molecule has 0 aromatic heterocycles. The van der Waals surface area contributed by atoms with Gasteiger partial charge in [-0.3, -0.25) is 0 Å². The molecule has 2 aromatic carbocycles. The van der Waals surface area contributed by atoms with Gasteiger partial charge < -0.3 is 10.1 Å². The molecule has 2 heteroatoms. The Morgan fingerprint density at radius 1 is 1.00 bits per heavy atom. The van der Waals surface area contributed by atoms with E-state index in [4.69, 9.17) is 4.74 Å². The van der Waals surface area contributed by atoms with Crippen LogP contribution < -0.4 is 10.1 Å². The molecule has 22 heavy (non-hydrogen) atoms. The standard InChI is InChI=1S/C20H25NO/c1-22-19-13-12-17(15-21-18-10-6-3-7-11-18)20(14-19)16-8-4-2-5-9-16/h3,6-7,10-14,16,21H,2,4-5,8-9,15H2,1H3. The number of hydrogen-bond donors (Lipinski definition) is 1. The maximum atomic E-state index is 5.44. The smallest absolute Gasteiger partial charge is 0.119 e. The van der Waals surface area contributed by atoms with Gasteiger partial charge >= 0.3 is 0 Å². The van der Waals surface area contributed by atoms with Crippen molar-refractivity contribution in [2.75, 3.05) is 12.4 Å². The van der Waals surface area contributed by atoms with E-state index in [2.05, 4.69) is 47.8 Å².